The van der Waals surface area contributed by atoms with Crippen molar-refractivity contribution in [3.8, 4) is 11.5 Å². The Morgan fingerprint density at radius 2 is 1.77 bits per heavy atom. The van der Waals surface area contributed by atoms with Crippen LogP contribution >= 0.6 is 11.6 Å². The molecule has 1 aromatic carbocycles. The van der Waals surface area contributed by atoms with Crippen LogP contribution in [0.5, 0.6) is 11.5 Å². The van der Waals surface area contributed by atoms with Crippen LogP contribution in [0.15, 0.2) is 41.0 Å². The van der Waals surface area contributed by atoms with Gasteiger partial charge in [-0.1, -0.05) is 6.07 Å². The minimum Gasteiger partial charge on any atom is -0.493 e. The Labute approximate surface area is 213 Å². The third-order valence-electron chi connectivity index (χ3n) is 5.70. The van der Waals surface area contributed by atoms with Crippen LogP contribution in [-0.4, -0.2) is 75.1 Å². The molecule has 0 saturated carbocycles. The first kappa shape index (κ1) is 28.5. The monoisotopic (exact) mass is 508 g/mol. The number of ether oxygens (including phenoxy) is 3. The Hall–Kier alpha value is -2.71. The third kappa shape index (κ3) is 8.47. The molecule has 2 rings (SSSR count). The summed E-state index contributed by atoms with van der Waals surface area (Å²) in [6.07, 6.45) is 2.80. The van der Waals surface area contributed by atoms with Gasteiger partial charge in [-0.05, 0) is 56.5 Å². The summed E-state index contributed by atoms with van der Waals surface area (Å²) >= 11 is 6.05. The zero-order valence-corrected chi connectivity index (χ0v) is 22.1. The number of furan rings is 1. The van der Waals surface area contributed by atoms with Crippen molar-refractivity contribution < 1.29 is 28.2 Å². The highest BCUT2D eigenvalue weighted by atomic mass is 35.5. The van der Waals surface area contributed by atoms with Crippen LogP contribution in [0.1, 0.15) is 31.6 Å². The van der Waals surface area contributed by atoms with E-state index in [2.05, 4.69) is 0 Å². The van der Waals surface area contributed by atoms with E-state index in [9.17, 15) is 9.59 Å². The van der Waals surface area contributed by atoms with Gasteiger partial charge in [0.05, 0.1) is 39.0 Å². The van der Waals surface area contributed by atoms with Crippen LogP contribution in [0.25, 0.3) is 0 Å². The molecule has 0 bridgehead atoms. The van der Waals surface area contributed by atoms with Gasteiger partial charge in [-0.25, -0.2) is 0 Å². The first-order chi connectivity index (χ1) is 16.7. The van der Waals surface area contributed by atoms with Crippen LogP contribution in [0.2, 0.25) is 0 Å². The summed E-state index contributed by atoms with van der Waals surface area (Å²) in [5.41, 5.74) is 0.219. The average molecular weight is 509 g/mol. The summed E-state index contributed by atoms with van der Waals surface area (Å²) in [5, 5.41) is 0. The van der Waals surface area contributed by atoms with Crippen LogP contribution in [0.4, 0.5) is 0 Å². The topological polar surface area (TPSA) is 81.5 Å². The zero-order valence-electron chi connectivity index (χ0n) is 21.3. The SMILES string of the molecule is COCCCN(CC(=O)N(CCc1ccc(OC)c(OC)c1)Cc1ccco1)C(=O)C(C)(C)CCl. The van der Waals surface area contributed by atoms with Gasteiger partial charge >= 0.3 is 0 Å². The predicted octanol–water partition coefficient (Wildman–Crippen LogP) is 4.00. The molecule has 0 N–H and O–H groups in total. The average Bonchev–Trinajstić information content (AvgIpc) is 3.38. The van der Waals surface area contributed by atoms with Gasteiger partial charge in [-0.15, -0.1) is 11.6 Å². The molecule has 194 valence electrons. The van der Waals surface area contributed by atoms with Crippen LogP contribution < -0.4 is 9.47 Å². The van der Waals surface area contributed by atoms with E-state index in [0.29, 0.717) is 56.3 Å². The molecule has 0 aliphatic heterocycles. The van der Waals surface area contributed by atoms with E-state index in [1.165, 1.54) is 0 Å². The van der Waals surface area contributed by atoms with Crippen molar-refractivity contribution in [2.24, 2.45) is 5.41 Å². The van der Waals surface area contributed by atoms with Crippen molar-refractivity contribution in [1.82, 2.24) is 9.80 Å². The van der Waals surface area contributed by atoms with Crippen LogP contribution in [0.3, 0.4) is 0 Å². The van der Waals surface area contributed by atoms with Gasteiger partial charge < -0.3 is 28.4 Å². The van der Waals surface area contributed by atoms with Crippen LogP contribution in [-0.2, 0) is 27.3 Å². The molecule has 0 aliphatic rings. The lowest BCUT2D eigenvalue weighted by atomic mass is 9.94. The van der Waals surface area contributed by atoms with Crippen molar-refractivity contribution in [2.75, 3.05) is 53.5 Å². The molecule has 0 fully saturated rings. The van der Waals surface area contributed by atoms with Crippen molar-refractivity contribution in [2.45, 2.75) is 33.2 Å². The fourth-order valence-corrected chi connectivity index (χ4v) is 3.70. The number of carbonyl (C=O) groups excluding carboxylic acids is 2. The molecule has 0 unspecified atom stereocenters. The highest BCUT2D eigenvalue weighted by Gasteiger charge is 2.33. The van der Waals surface area contributed by atoms with Gasteiger partial charge in [0.2, 0.25) is 11.8 Å². The Kier molecular flexibility index (Phi) is 11.4. The van der Waals surface area contributed by atoms with Crippen molar-refractivity contribution >= 4 is 23.4 Å². The molecule has 0 spiro atoms. The van der Waals surface area contributed by atoms with Gasteiger partial charge in [0.1, 0.15) is 5.76 Å². The van der Waals surface area contributed by atoms with E-state index in [4.69, 9.17) is 30.2 Å². The van der Waals surface area contributed by atoms with E-state index in [-0.39, 0.29) is 24.2 Å². The number of amides is 2. The second-order valence-corrected chi connectivity index (χ2v) is 9.19. The Bertz CT molecular complexity index is 932. The van der Waals surface area contributed by atoms with Gasteiger partial charge in [0.15, 0.2) is 11.5 Å². The molecule has 9 heteroatoms. The molecule has 0 radical (unpaired) electrons. The molecular weight excluding hydrogens is 472 g/mol. The summed E-state index contributed by atoms with van der Waals surface area (Å²) in [4.78, 5) is 29.9. The van der Waals surface area contributed by atoms with Gasteiger partial charge in [-0.3, -0.25) is 9.59 Å². The quantitative estimate of drug-likeness (QED) is 0.267. The summed E-state index contributed by atoms with van der Waals surface area (Å²) in [6.45, 7) is 5.17. The lowest BCUT2D eigenvalue weighted by Gasteiger charge is -2.32. The first-order valence-corrected chi connectivity index (χ1v) is 12.1. The molecule has 2 amide bonds. The van der Waals surface area contributed by atoms with E-state index in [1.807, 2.05) is 24.3 Å². The number of hydrogen-bond donors (Lipinski definition) is 0. The number of halogens is 1. The van der Waals surface area contributed by atoms with E-state index < -0.39 is 5.41 Å². The number of nitrogens with zero attached hydrogens (tertiary/aromatic N) is 2. The maximum Gasteiger partial charge on any atom is 0.242 e. The Balaban J connectivity index is 2.19. The molecule has 8 nitrogen and oxygen atoms in total. The lowest BCUT2D eigenvalue weighted by Crippen LogP contribution is -2.48. The van der Waals surface area contributed by atoms with Crippen LogP contribution in [0, 0.1) is 5.41 Å². The van der Waals surface area contributed by atoms with Gasteiger partial charge in [0.25, 0.3) is 0 Å². The smallest absolute Gasteiger partial charge is 0.242 e. The summed E-state index contributed by atoms with van der Waals surface area (Å²) in [7, 11) is 4.79. The van der Waals surface area contributed by atoms with E-state index in [0.717, 1.165) is 5.56 Å². The summed E-state index contributed by atoms with van der Waals surface area (Å²) in [6, 6.07) is 9.31. The number of carbonyl (C=O) groups is 2. The normalized spacial score (nSPS) is 11.3. The Morgan fingerprint density at radius 1 is 1.03 bits per heavy atom. The van der Waals surface area contributed by atoms with Gasteiger partial charge in [-0.2, -0.15) is 0 Å². The van der Waals surface area contributed by atoms with Gasteiger partial charge in [0, 0.05) is 32.7 Å². The molecule has 2 aromatic rings. The largest absolute Gasteiger partial charge is 0.493 e. The second kappa shape index (κ2) is 14.0. The minimum absolute atomic E-state index is 0.0461. The Morgan fingerprint density at radius 3 is 2.37 bits per heavy atom. The minimum atomic E-state index is -0.777. The fourth-order valence-electron chi connectivity index (χ4n) is 3.58. The maximum absolute atomic E-state index is 13.5. The molecule has 35 heavy (non-hydrogen) atoms. The number of rotatable bonds is 15. The first-order valence-electron chi connectivity index (χ1n) is 11.6. The number of benzene rings is 1. The molecule has 0 saturated heterocycles. The molecular formula is C26H37ClN2O6. The molecule has 0 atom stereocenters. The van der Waals surface area contributed by atoms with E-state index in [1.54, 1.807) is 57.3 Å². The maximum atomic E-state index is 13.5. The summed E-state index contributed by atoms with van der Waals surface area (Å²) < 4.78 is 21.3. The van der Waals surface area contributed by atoms with Crippen molar-refractivity contribution in [3.63, 3.8) is 0 Å². The second-order valence-electron chi connectivity index (χ2n) is 8.92. The number of hydrogen-bond acceptors (Lipinski definition) is 6. The number of methoxy groups -OCH3 is 3. The van der Waals surface area contributed by atoms with Crippen molar-refractivity contribution in [3.05, 3.63) is 47.9 Å². The molecule has 1 aromatic heterocycles. The summed E-state index contributed by atoms with van der Waals surface area (Å²) in [5.74, 6) is 1.78. The molecule has 0 aliphatic carbocycles. The standard InChI is InChI=1S/C26H37ClN2O6/c1-26(2,19-27)25(31)29(12-7-14-32-3)18-24(30)28(17-21-8-6-15-35-21)13-11-20-9-10-22(33-4)23(16-20)34-5/h6,8-10,15-16H,7,11-14,17-19H2,1-5H3. The lowest BCUT2D eigenvalue weighted by molar-refractivity contribution is -0.146. The highest BCUT2D eigenvalue weighted by molar-refractivity contribution is 6.19. The highest BCUT2D eigenvalue weighted by Crippen LogP contribution is 2.28. The van der Waals surface area contributed by atoms with E-state index >= 15 is 0 Å². The zero-order chi connectivity index (χ0) is 25.8. The van der Waals surface area contributed by atoms with Crippen molar-refractivity contribution in [1.29, 1.82) is 0 Å². The predicted molar refractivity (Wildman–Crippen MR) is 135 cm³/mol. The fraction of sp³-hybridized carbons (Fsp3) is 0.538. The third-order valence-corrected chi connectivity index (χ3v) is 6.37. The molecule has 1 heterocycles. The number of alkyl halides is 1.